The number of benzene rings is 1. The summed E-state index contributed by atoms with van der Waals surface area (Å²) in [6.45, 7) is -2.30. The van der Waals surface area contributed by atoms with Gasteiger partial charge in [0.05, 0.1) is 12.9 Å². The molecule has 230 valence electrons. The van der Waals surface area contributed by atoms with Gasteiger partial charge in [0.25, 0.3) is 5.56 Å². The van der Waals surface area contributed by atoms with Crippen molar-refractivity contribution in [3.63, 3.8) is 0 Å². The number of para-hydroxylation sites is 1. The highest BCUT2D eigenvalue weighted by Gasteiger charge is 2.56. The number of aromatic amines is 1. The zero-order valence-electron chi connectivity index (χ0n) is 23.3. The van der Waals surface area contributed by atoms with Crippen LogP contribution in [0.3, 0.4) is 0 Å². The smallest absolute Gasteiger partial charge is 0.323 e. The largest absolute Gasteiger partial charge is 0.461 e. The van der Waals surface area contributed by atoms with E-state index < -0.39 is 54.9 Å². The van der Waals surface area contributed by atoms with Crippen molar-refractivity contribution in [3.05, 3.63) is 47.0 Å². The molecular formula is C27H33N6O8PS. The number of nitrogens with two attached hydrogens (primary N) is 1. The SMILES string of the molecule is C#C[C@@]1(O)[C@H](O)[C@@H](COP(=S)(NC(C)C(=O)OC2CCCCC2)Oc2ccccc2)O[C@H]1n1cnc2c(=O)[nH]c(N)nc21. The second-order valence-corrected chi connectivity index (χ2v) is 13.6. The van der Waals surface area contributed by atoms with Gasteiger partial charge in [-0.05, 0) is 56.5 Å². The molecule has 0 spiro atoms. The molecule has 6 N–H and O–H groups in total. The van der Waals surface area contributed by atoms with Gasteiger partial charge in [-0.2, -0.15) is 4.98 Å². The fraction of sp³-hybridized carbons (Fsp3) is 0.481. The van der Waals surface area contributed by atoms with Crippen molar-refractivity contribution in [1.82, 2.24) is 24.6 Å². The molecule has 1 saturated heterocycles. The number of nitrogens with zero attached hydrogens (tertiary/aromatic N) is 3. The molecule has 43 heavy (non-hydrogen) atoms. The number of rotatable bonds is 10. The van der Waals surface area contributed by atoms with Gasteiger partial charge in [-0.1, -0.05) is 30.5 Å². The number of nitrogen functional groups attached to an aromatic ring is 1. The maximum atomic E-state index is 12.9. The van der Waals surface area contributed by atoms with Crippen LogP contribution in [-0.2, 0) is 30.6 Å². The van der Waals surface area contributed by atoms with Crippen molar-refractivity contribution < 1.29 is 33.5 Å². The monoisotopic (exact) mass is 632 g/mol. The highest BCUT2D eigenvalue weighted by atomic mass is 32.5. The predicted molar refractivity (Wildman–Crippen MR) is 159 cm³/mol. The van der Waals surface area contributed by atoms with Crippen LogP contribution in [0.15, 0.2) is 41.5 Å². The second-order valence-electron chi connectivity index (χ2n) is 10.5. The highest BCUT2D eigenvalue weighted by molar-refractivity contribution is 8.09. The highest BCUT2D eigenvalue weighted by Crippen LogP contribution is 2.47. The first-order valence-electron chi connectivity index (χ1n) is 13.8. The molecule has 2 fully saturated rings. The fourth-order valence-corrected chi connectivity index (χ4v) is 7.49. The summed E-state index contributed by atoms with van der Waals surface area (Å²) in [6.07, 6.45) is 7.10. The number of terminal acetylenes is 1. The van der Waals surface area contributed by atoms with E-state index in [2.05, 4.69) is 26.0 Å². The number of hydrogen-bond donors (Lipinski definition) is 5. The number of nitrogens with one attached hydrogen (secondary N) is 2. The van der Waals surface area contributed by atoms with Gasteiger partial charge in [-0.15, -0.1) is 6.42 Å². The number of imidazole rings is 1. The van der Waals surface area contributed by atoms with Gasteiger partial charge in [-0.3, -0.25) is 19.1 Å². The van der Waals surface area contributed by atoms with Gasteiger partial charge in [-0.25, -0.2) is 10.1 Å². The first-order valence-corrected chi connectivity index (χ1v) is 16.4. The summed E-state index contributed by atoms with van der Waals surface area (Å²) in [6, 6.07) is 7.77. The third-order valence-electron chi connectivity index (χ3n) is 7.34. The van der Waals surface area contributed by atoms with Crippen LogP contribution in [0.5, 0.6) is 5.75 Å². The van der Waals surface area contributed by atoms with Gasteiger partial charge < -0.3 is 34.5 Å². The Morgan fingerprint density at radius 2 is 2.09 bits per heavy atom. The van der Waals surface area contributed by atoms with Crippen molar-refractivity contribution in [3.8, 4) is 18.1 Å². The number of fused-ring (bicyclic) bond motifs is 1. The van der Waals surface area contributed by atoms with Crippen LogP contribution in [0.1, 0.15) is 45.3 Å². The molecular weight excluding hydrogens is 599 g/mol. The van der Waals surface area contributed by atoms with Crippen LogP contribution in [0.4, 0.5) is 5.95 Å². The minimum absolute atomic E-state index is 0.0156. The van der Waals surface area contributed by atoms with Gasteiger partial charge in [0.1, 0.15) is 30.1 Å². The zero-order valence-corrected chi connectivity index (χ0v) is 25.0. The van der Waals surface area contributed by atoms with Crippen LogP contribution in [0.25, 0.3) is 11.2 Å². The summed E-state index contributed by atoms with van der Waals surface area (Å²) in [5.41, 5.74) is 2.72. The van der Waals surface area contributed by atoms with E-state index in [1.807, 2.05) is 0 Å². The summed E-state index contributed by atoms with van der Waals surface area (Å²) >= 11 is 5.77. The minimum atomic E-state index is -3.50. The number of carbonyl (C=O) groups excluding carboxylic acids is 1. The quantitative estimate of drug-likeness (QED) is 0.123. The summed E-state index contributed by atoms with van der Waals surface area (Å²) in [5.74, 6) is 1.88. The van der Waals surface area contributed by atoms with Gasteiger partial charge in [0.15, 0.2) is 23.0 Å². The molecule has 1 aliphatic heterocycles. The summed E-state index contributed by atoms with van der Waals surface area (Å²) < 4.78 is 24.9. The summed E-state index contributed by atoms with van der Waals surface area (Å²) in [5, 5.41) is 25.4. The maximum Gasteiger partial charge on any atom is 0.323 e. The molecule has 3 aromatic rings. The van der Waals surface area contributed by atoms with Gasteiger partial charge in [0, 0.05) is 0 Å². The number of esters is 1. The Kier molecular flexibility index (Phi) is 9.19. The molecule has 14 nitrogen and oxygen atoms in total. The van der Waals surface area contributed by atoms with Crippen molar-refractivity contribution in [2.75, 3.05) is 12.3 Å². The lowest BCUT2D eigenvalue weighted by atomic mass is 9.95. The van der Waals surface area contributed by atoms with E-state index in [9.17, 15) is 19.8 Å². The molecule has 2 aromatic heterocycles. The molecule has 2 unspecified atom stereocenters. The standard InChI is InChI=1S/C27H33N6O8PS/c1-3-27(37)21(34)19(40-25(27)33-15-29-20-22(33)30-26(28)31-23(20)35)14-38-42(43,41-18-12-8-5-9-13-18)32-16(2)24(36)39-17-10-6-4-7-11-17/h1,5,8-9,12-13,15-17,19,21,25,34,37H,4,6-7,10-11,14H2,2H3,(H,32,43)(H3,28,30,31,35)/t16?,19-,21-,25-,27-,42?/m1/s1. The fourth-order valence-electron chi connectivity index (χ4n) is 5.07. The Labute approximate surface area is 252 Å². The van der Waals surface area contributed by atoms with Gasteiger partial charge >= 0.3 is 12.6 Å². The minimum Gasteiger partial charge on any atom is -0.461 e. The van der Waals surface area contributed by atoms with Crippen LogP contribution >= 0.6 is 6.64 Å². The molecule has 6 atom stereocenters. The van der Waals surface area contributed by atoms with E-state index in [1.165, 1.54) is 10.9 Å². The molecule has 2 aliphatic rings. The number of aliphatic hydroxyl groups excluding tert-OH is 1. The lowest BCUT2D eigenvalue weighted by Gasteiger charge is -2.29. The van der Waals surface area contributed by atoms with E-state index in [-0.39, 0.29) is 23.2 Å². The lowest BCUT2D eigenvalue weighted by molar-refractivity contribution is -0.152. The van der Waals surface area contributed by atoms with Crippen LogP contribution in [-0.4, -0.2) is 72.3 Å². The molecule has 1 aliphatic carbocycles. The third kappa shape index (κ3) is 6.61. The molecule has 5 rings (SSSR count). The van der Waals surface area contributed by atoms with E-state index in [4.69, 9.17) is 42.5 Å². The topological polar surface area (TPSA) is 196 Å². The first kappa shape index (κ1) is 31.1. The molecule has 1 aromatic carbocycles. The number of hydrogen-bond acceptors (Lipinski definition) is 12. The van der Waals surface area contributed by atoms with Crippen LogP contribution in [0, 0.1) is 12.3 Å². The number of aliphatic hydroxyl groups is 2. The Balaban J connectivity index is 1.35. The Hall–Kier alpha value is -3.35. The molecule has 16 heteroatoms. The van der Waals surface area contributed by atoms with E-state index in [1.54, 1.807) is 37.3 Å². The number of ether oxygens (including phenoxy) is 2. The third-order valence-corrected chi connectivity index (χ3v) is 9.84. The average Bonchev–Trinajstić information content (AvgIpc) is 3.51. The second kappa shape index (κ2) is 12.7. The number of aromatic nitrogens is 4. The van der Waals surface area contributed by atoms with Crippen molar-refractivity contribution >= 4 is 41.5 Å². The number of anilines is 1. The van der Waals surface area contributed by atoms with Crippen molar-refractivity contribution in [2.24, 2.45) is 0 Å². The Morgan fingerprint density at radius 3 is 2.79 bits per heavy atom. The maximum absolute atomic E-state index is 12.9. The molecule has 0 radical (unpaired) electrons. The molecule has 1 saturated carbocycles. The van der Waals surface area contributed by atoms with Crippen LogP contribution in [0.2, 0.25) is 0 Å². The normalized spacial score (nSPS) is 26.4. The summed E-state index contributed by atoms with van der Waals surface area (Å²) in [4.78, 5) is 35.6. The van der Waals surface area contributed by atoms with E-state index >= 15 is 0 Å². The average molecular weight is 633 g/mol. The predicted octanol–water partition coefficient (Wildman–Crippen LogP) is 1.50. The molecule has 3 heterocycles. The molecule has 0 bridgehead atoms. The molecule has 0 amide bonds. The zero-order chi connectivity index (χ0) is 30.8. The number of H-pyrrole nitrogens is 1. The van der Waals surface area contributed by atoms with E-state index in [0.717, 1.165) is 32.1 Å². The van der Waals surface area contributed by atoms with Crippen LogP contribution < -0.4 is 20.9 Å². The Bertz CT molecular complexity index is 1610. The number of carbonyl (C=O) groups is 1. The Morgan fingerprint density at radius 1 is 1.37 bits per heavy atom. The lowest BCUT2D eigenvalue weighted by Crippen LogP contribution is -2.46. The first-order chi connectivity index (χ1) is 20.5. The summed E-state index contributed by atoms with van der Waals surface area (Å²) in [7, 11) is 0. The van der Waals surface area contributed by atoms with Crippen molar-refractivity contribution in [2.45, 2.75) is 75.2 Å². The van der Waals surface area contributed by atoms with E-state index in [0.29, 0.717) is 5.75 Å². The van der Waals surface area contributed by atoms with Gasteiger partial charge in [0.2, 0.25) is 5.95 Å². The van der Waals surface area contributed by atoms with Crippen molar-refractivity contribution in [1.29, 1.82) is 0 Å².